The summed E-state index contributed by atoms with van der Waals surface area (Å²) in [7, 11) is 0. The maximum atomic E-state index is 10.1. The third-order valence-corrected chi connectivity index (χ3v) is 3.84. The van der Waals surface area contributed by atoms with Crippen molar-refractivity contribution in [2.75, 3.05) is 11.1 Å². The summed E-state index contributed by atoms with van der Waals surface area (Å²) in [6.45, 7) is 0.606. The number of pyridine rings is 1. The van der Waals surface area contributed by atoms with Crippen molar-refractivity contribution in [3.8, 4) is 5.88 Å². The molecule has 7 heteroatoms. The maximum absolute atomic E-state index is 10.1. The van der Waals surface area contributed by atoms with E-state index >= 15 is 0 Å². The number of aliphatic imine (C=N–C) groups is 1. The highest BCUT2D eigenvalue weighted by Gasteiger charge is 2.16. The fourth-order valence-electron chi connectivity index (χ4n) is 2.60. The van der Waals surface area contributed by atoms with Crippen LogP contribution in [0.25, 0.3) is 11.6 Å². The van der Waals surface area contributed by atoms with Crippen molar-refractivity contribution in [3.63, 3.8) is 0 Å². The lowest BCUT2D eigenvalue weighted by Gasteiger charge is -2.02. The zero-order chi connectivity index (χ0) is 17.2. The fourth-order valence-corrected chi connectivity index (χ4v) is 2.60. The summed E-state index contributed by atoms with van der Waals surface area (Å²) in [6.07, 6.45) is 5.03. The number of anilines is 2. The van der Waals surface area contributed by atoms with Crippen LogP contribution in [0, 0.1) is 0 Å². The Balaban J connectivity index is 1.56. The quantitative estimate of drug-likeness (QED) is 0.587. The van der Waals surface area contributed by atoms with Gasteiger partial charge in [-0.2, -0.15) is 4.98 Å². The second kappa shape index (κ2) is 6.12. The van der Waals surface area contributed by atoms with E-state index in [1.807, 2.05) is 36.4 Å². The molecule has 7 nitrogen and oxygen atoms in total. The van der Waals surface area contributed by atoms with E-state index in [0.717, 1.165) is 16.7 Å². The zero-order valence-electron chi connectivity index (χ0n) is 13.3. The van der Waals surface area contributed by atoms with Crippen molar-refractivity contribution < 1.29 is 5.11 Å². The average Bonchev–Trinajstić information content (AvgIpc) is 3.18. The Morgan fingerprint density at radius 3 is 2.92 bits per heavy atom. The minimum atomic E-state index is -0.0817. The normalized spacial score (nSPS) is 14.0. The van der Waals surface area contributed by atoms with Gasteiger partial charge in [-0.25, -0.2) is 9.98 Å². The summed E-state index contributed by atoms with van der Waals surface area (Å²) in [5.74, 6) is 1.03. The van der Waals surface area contributed by atoms with Crippen LogP contribution in [0.15, 0.2) is 47.6 Å². The Morgan fingerprint density at radius 1 is 1.24 bits per heavy atom. The molecule has 0 atom stereocenters. The average molecular weight is 332 g/mol. The van der Waals surface area contributed by atoms with E-state index in [1.54, 1.807) is 18.5 Å². The Bertz CT molecular complexity index is 974. The van der Waals surface area contributed by atoms with Gasteiger partial charge < -0.3 is 21.1 Å². The number of nitrogen functional groups attached to an aromatic ring is 1. The number of nitrogens with zero attached hydrogens (tertiary/aromatic N) is 3. The fraction of sp³-hybridized carbons (Fsp3) is 0.0556. The number of H-pyrrole nitrogens is 1. The van der Waals surface area contributed by atoms with Gasteiger partial charge in [0.05, 0.1) is 11.9 Å². The van der Waals surface area contributed by atoms with Crippen LogP contribution >= 0.6 is 0 Å². The molecule has 25 heavy (non-hydrogen) atoms. The van der Waals surface area contributed by atoms with Gasteiger partial charge in [0.2, 0.25) is 11.8 Å². The summed E-state index contributed by atoms with van der Waals surface area (Å²) < 4.78 is 0. The summed E-state index contributed by atoms with van der Waals surface area (Å²) >= 11 is 0. The smallest absolute Gasteiger partial charge is 0.238 e. The van der Waals surface area contributed by atoms with Gasteiger partial charge in [0.1, 0.15) is 5.69 Å². The lowest BCUT2D eigenvalue weighted by molar-refractivity contribution is 0.455. The lowest BCUT2D eigenvalue weighted by atomic mass is 10.1. The number of aromatic amines is 1. The summed E-state index contributed by atoms with van der Waals surface area (Å²) in [4.78, 5) is 15.6. The molecule has 0 bridgehead atoms. The first-order chi connectivity index (χ1) is 12.2. The Kier molecular flexibility index (Phi) is 3.66. The molecule has 0 spiro atoms. The van der Waals surface area contributed by atoms with Crippen LogP contribution in [-0.4, -0.2) is 26.3 Å². The number of hydrogen-bond donors (Lipinski definition) is 4. The van der Waals surface area contributed by atoms with Gasteiger partial charge in [-0.1, -0.05) is 30.3 Å². The molecule has 2 aromatic heterocycles. The minimum Gasteiger partial charge on any atom is -0.492 e. The predicted octanol–water partition coefficient (Wildman–Crippen LogP) is 2.96. The number of benzene rings is 1. The van der Waals surface area contributed by atoms with Crippen LogP contribution in [0.2, 0.25) is 0 Å². The molecule has 3 heterocycles. The Hall–Kier alpha value is -3.61. The molecule has 0 saturated carbocycles. The van der Waals surface area contributed by atoms with Gasteiger partial charge in [0, 0.05) is 23.9 Å². The predicted molar refractivity (Wildman–Crippen MR) is 98.7 cm³/mol. The molecule has 0 fully saturated rings. The van der Waals surface area contributed by atoms with E-state index in [2.05, 4.69) is 25.3 Å². The van der Waals surface area contributed by atoms with Crippen LogP contribution in [0.4, 0.5) is 17.5 Å². The van der Waals surface area contributed by atoms with Crippen molar-refractivity contribution in [1.29, 1.82) is 0 Å². The number of aromatic nitrogens is 3. The Labute approximate surface area is 144 Å². The largest absolute Gasteiger partial charge is 0.492 e. The van der Waals surface area contributed by atoms with E-state index in [-0.39, 0.29) is 5.88 Å². The van der Waals surface area contributed by atoms with Crippen molar-refractivity contribution in [2.24, 2.45) is 4.99 Å². The number of fused-ring (bicyclic) bond motifs is 1. The zero-order valence-corrected chi connectivity index (χ0v) is 13.3. The number of nitrogens with one attached hydrogen (secondary N) is 2. The summed E-state index contributed by atoms with van der Waals surface area (Å²) in [6, 6.07) is 11.8. The molecular formula is C18H16N6O. The topological polar surface area (TPSA) is 112 Å². The number of aromatic hydroxyl groups is 1. The number of allylic oxidation sites excluding steroid dienone is 1. The third-order valence-electron chi connectivity index (χ3n) is 3.84. The van der Waals surface area contributed by atoms with Gasteiger partial charge >= 0.3 is 0 Å². The first kappa shape index (κ1) is 14.9. The van der Waals surface area contributed by atoms with Crippen LogP contribution in [0.1, 0.15) is 16.8 Å². The number of nitrogens with two attached hydrogens (primary N) is 1. The summed E-state index contributed by atoms with van der Waals surface area (Å²) in [5.41, 5.74) is 9.60. The number of hydrogen-bond acceptors (Lipinski definition) is 6. The van der Waals surface area contributed by atoms with Crippen LogP contribution < -0.4 is 11.1 Å². The minimum absolute atomic E-state index is 0.0817. The van der Waals surface area contributed by atoms with Crippen LogP contribution in [-0.2, 0) is 6.54 Å². The van der Waals surface area contributed by atoms with Crippen molar-refractivity contribution in [3.05, 3.63) is 59.4 Å². The second-order valence-electron chi connectivity index (χ2n) is 5.66. The standard InChI is InChI=1S/C18H16N6O/c19-13-7-14-12(9-20-16(14)21-10-13)6-15-17(25)24-18(23-15)22-8-11-4-2-1-3-5-11/h1-7,9-10,25H,8,19H2,(H2,22,23,24)/b12-6+. The number of imidazole rings is 1. The summed E-state index contributed by atoms with van der Waals surface area (Å²) in [5, 5.41) is 13.2. The Morgan fingerprint density at radius 2 is 2.08 bits per heavy atom. The molecule has 0 unspecified atom stereocenters. The molecule has 0 radical (unpaired) electrons. The maximum Gasteiger partial charge on any atom is 0.238 e. The van der Waals surface area contributed by atoms with Crippen molar-refractivity contribution >= 4 is 35.3 Å². The third kappa shape index (κ3) is 3.07. The highest BCUT2D eigenvalue weighted by Crippen LogP contribution is 2.33. The highest BCUT2D eigenvalue weighted by atomic mass is 16.3. The van der Waals surface area contributed by atoms with Crippen molar-refractivity contribution in [2.45, 2.75) is 6.54 Å². The first-order valence-electron chi connectivity index (χ1n) is 7.77. The van der Waals surface area contributed by atoms with E-state index in [1.165, 1.54) is 0 Å². The van der Waals surface area contributed by atoms with Gasteiger partial charge in [-0.3, -0.25) is 0 Å². The van der Waals surface area contributed by atoms with E-state index in [4.69, 9.17) is 5.73 Å². The van der Waals surface area contributed by atoms with Gasteiger partial charge in [-0.05, 0) is 17.7 Å². The molecule has 3 aromatic rings. The lowest BCUT2D eigenvalue weighted by Crippen LogP contribution is -2.00. The molecule has 0 aliphatic carbocycles. The molecule has 1 aliphatic heterocycles. The molecule has 124 valence electrons. The molecule has 4 rings (SSSR count). The van der Waals surface area contributed by atoms with E-state index < -0.39 is 0 Å². The molecule has 0 saturated heterocycles. The van der Waals surface area contributed by atoms with E-state index in [0.29, 0.717) is 29.7 Å². The second-order valence-corrected chi connectivity index (χ2v) is 5.66. The molecular weight excluding hydrogens is 316 g/mol. The molecule has 1 aromatic carbocycles. The number of rotatable bonds is 4. The van der Waals surface area contributed by atoms with Gasteiger partial charge in [-0.15, -0.1) is 0 Å². The van der Waals surface area contributed by atoms with Gasteiger partial charge in [0.15, 0.2) is 5.82 Å². The van der Waals surface area contributed by atoms with Crippen molar-refractivity contribution in [1.82, 2.24) is 15.0 Å². The molecule has 1 aliphatic rings. The van der Waals surface area contributed by atoms with Crippen LogP contribution in [0.5, 0.6) is 5.88 Å². The van der Waals surface area contributed by atoms with Crippen LogP contribution in [0.3, 0.4) is 0 Å². The molecule has 0 amide bonds. The molecule has 5 N–H and O–H groups in total. The van der Waals surface area contributed by atoms with E-state index in [9.17, 15) is 5.11 Å². The monoisotopic (exact) mass is 332 g/mol. The highest BCUT2D eigenvalue weighted by molar-refractivity contribution is 6.21. The van der Waals surface area contributed by atoms with Gasteiger partial charge in [0.25, 0.3) is 0 Å². The SMILES string of the molecule is Nc1cnc2c(c1)/C(=C/c1[nH]c(NCc3ccccc3)nc1O)C=N2. The first-order valence-corrected chi connectivity index (χ1v) is 7.77.